The Morgan fingerprint density at radius 3 is 0.760 bits per heavy atom. The molecule has 0 radical (unpaired) electrons. The molecule has 0 aliphatic heterocycles. The van der Waals surface area contributed by atoms with Gasteiger partial charge < -0.3 is 0 Å². The summed E-state index contributed by atoms with van der Waals surface area (Å²) in [6, 6.07) is 121. The van der Waals surface area contributed by atoms with Crippen molar-refractivity contribution in [3.63, 3.8) is 0 Å². The highest BCUT2D eigenvalue weighted by atomic mass is 14.9. The third-order valence-electron chi connectivity index (χ3n) is 19.6. The van der Waals surface area contributed by atoms with Crippen molar-refractivity contribution in [2.24, 2.45) is 0 Å². The molecule has 4 heterocycles. The molecule has 0 atom stereocenters. The van der Waals surface area contributed by atoms with Gasteiger partial charge in [-0.1, -0.05) is 224 Å². The number of nitrogens with zero attached hydrogens (tertiary/aromatic N) is 6. The van der Waals surface area contributed by atoms with Crippen LogP contribution in [0.25, 0.3) is 198 Å². The summed E-state index contributed by atoms with van der Waals surface area (Å²) in [7, 11) is 0. The van der Waals surface area contributed by atoms with E-state index in [9.17, 15) is 0 Å². The Balaban J connectivity index is 0.000000139. The van der Waals surface area contributed by atoms with E-state index in [1.165, 1.54) is 86.2 Å². The average molecular weight is 1270 g/mol. The summed E-state index contributed by atoms with van der Waals surface area (Å²) in [5.74, 6) is 1.39. The van der Waals surface area contributed by atoms with Crippen LogP contribution in [0.15, 0.2) is 352 Å². The molecule has 0 saturated heterocycles. The number of hydrogen-bond acceptors (Lipinski definition) is 6. The minimum atomic E-state index is 0.696. The Kier molecular flexibility index (Phi) is 14.1. The summed E-state index contributed by atoms with van der Waals surface area (Å²) in [6.07, 6.45) is 3.67. The highest BCUT2D eigenvalue weighted by Crippen LogP contribution is 2.38. The maximum Gasteiger partial charge on any atom is 0.160 e. The predicted molar refractivity (Wildman–Crippen MR) is 418 cm³/mol. The van der Waals surface area contributed by atoms with Gasteiger partial charge in [0.2, 0.25) is 0 Å². The van der Waals surface area contributed by atoms with Crippen molar-refractivity contribution in [3.8, 4) is 90.1 Å². The lowest BCUT2D eigenvalue weighted by atomic mass is 9.98. The van der Waals surface area contributed by atoms with Crippen LogP contribution in [0.5, 0.6) is 0 Å². The van der Waals surface area contributed by atoms with E-state index < -0.39 is 0 Å². The molecule has 100 heavy (non-hydrogen) atoms. The molecule has 16 aromatic carbocycles. The lowest BCUT2D eigenvalue weighted by Gasteiger charge is -2.12. The van der Waals surface area contributed by atoms with Crippen molar-refractivity contribution >= 4 is 108 Å². The molecule has 0 unspecified atom stereocenters. The quantitative estimate of drug-likeness (QED) is 0.141. The number of rotatable bonds is 8. The Labute approximate surface area is 576 Å². The van der Waals surface area contributed by atoms with Gasteiger partial charge in [-0.2, -0.15) is 0 Å². The molecule has 20 aromatic rings. The third-order valence-corrected chi connectivity index (χ3v) is 19.6. The van der Waals surface area contributed by atoms with Crippen molar-refractivity contribution in [2.75, 3.05) is 0 Å². The van der Waals surface area contributed by atoms with Gasteiger partial charge in [-0.15, -0.1) is 0 Å². The van der Waals surface area contributed by atoms with Crippen LogP contribution < -0.4 is 0 Å². The van der Waals surface area contributed by atoms with E-state index in [-0.39, 0.29) is 0 Å². The predicted octanol–water partition coefficient (Wildman–Crippen LogP) is 24.6. The number of aromatic nitrogens is 6. The molecular formula is C94H58N6. The molecule has 6 nitrogen and oxygen atoms in total. The maximum absolute atomic E-state index is 5.20. The second kappa shape index (κ2) is 24.3. The third kappa shape index (κ3) is 11.1. The zero-order valence-electron chi connectivity index (χ0n) is 54.2. The molecule has 0 saturated carbocycles. The van der Waals surface area contributed by atoms with Gasteiger partial charge in [0.25, 0.3) is 0 Å². The van der Waals surface area contributed by atoms with E-state index in [4.69, 9.17) is 19.9 Å². The monoisotopic (exact) mass is 1270 g/mol. The molecule has 464 valence electrons. The lowest BCUT2D eigenvalue weighted by Crippen LogP contribution is -1.96. The number of pyridine rings is 2. The summed E-state index contributed by atoms with van der Waals surface area (Å²) in [4.78, 5) is 29.8. The second-order valence-electron chi connectivity index (χ2n) is 25.9. The van der Waals surface area contributed by atoms with E-state index in [0.29, 0.717) is 11.6 Å². The van der Waals surface area contributed by atoms with Crippen LogP contribution in [0.3, 0.4) is 0 Å². The SMILES string of the molecule is c1ccc2cc3cc(-c4cc(-c5ccc6cc7ccccc7cc6c5)nc(-c5ccc(-c6ccc7cccnc7c6)cc5)n4)ccc3cc2c1.c1ccc2cc3cc(-c4cc(-c5ccc6cc7ccccc7cc6c5)nc(-c5ccc(-c6ccc7ncccc7c6)cc5)n4)ccc3cc2c1. The Bertz CT molecular complexity index is 5980. The number of hydrogen-bond donors (Lipinski definition) is 0. The zero-order chi connectivity index (χ0) is 66.0. The van der Waals surface area contributed by atoms with Crippen molar-refractivity contribution in [3.05, 3.63) is 352 Å². The van der Waals surface area contributed by atoms with Crippen LogP contribution in [-0.2, 0) is 0 Å². The smallest absolute Gasteiger partial charge is 0.160 e. The zero-order valence-corrected chi connectivity index (χ0v) is 54.2. The summed E-state index contributed by atoms with van der Waals surface area (Å²) in [5.41, 5.74) is 16.3. The van der Waals surface area contributed by atoms with Gasteiger partial charge in [-0.05, 0) is 224 Å². The first kappa shape index (κ1) is 58.0. The van der Waals surface area contributed by atoms with Crippen LogP contribution in [0.1, 0.15) is 0 Å². The van der Waals surface area contributed by atoms with E-state index in [1.54, 1.807) is 0 Å². The van der Waals surface area contributed by atoms with Gasteiger partial charge >= 0.3 is 0 Å². The Morgan fingerprint density at radius 2 is 0.390 bits per heavy atom. The molecule has 0 bridgehead atoms. The summed E-state index contributed by atoms with van der Waals surface area (Å²) in [5, 5.41) is 21.8. The van der Waals surface area contributed by atoms with Crippen LogP contribution in [0.2, 0.25) is 0 Å². The molecule has 0 fully saturated rings. The van der Waals surface area contributed by atoms with Crippen molar-refractivity contribution in [1.82, 2.24) is 29.9 Å². The second-order valence-corrected chi connectivity index (χ2v) is 25.9. The van der Waals surface area contributed by atoms with Crippen molar-refractivity contribution in [2.45, 2.75) is 0 Å². The van der Waals surface area contributed by atoms with Crippen LogP contribution >= 0.6 is 0 Å². The first-order chi connectivity index (χ1) is 49.4. The molecule has 20 rings (SSSR count). The molecule has 6 heteroatoms. The largest absolute Gasteiger partial charge is 0.256 e. The number of fused-ring (bicyclic) bond motifs is 10. The lowest BCUT2D eigenvalue weighted by molar-refractivity contribution is 1.18. The van der Waals surface area contributed by atoms with E-state index in [1.807, 2.05) is 24.5 Å². The Morgan fingerprint density at radius 1 is 0.140 bits per heavy atom. The normalized spacial score (nSPS) is 11.6. The Hall–Kier alpha value is -13.4. The molecule has 0 aliphatic carbocycles. The fraction of sp³-hybridized carbons (Fsp3) is 0. The van der Waals surface area contributed by atoms with Gasteiger partial charge in [-0.25, -0.2) is 19.9 Å². The van der Waals surface area contributed by atoms with Gasteiger partial charge in [0.1, 0.15) is 0 Å². The minimum absolute atomic E-state index is 0.696. The van der Waals surface area contributed by atoms with E-state index in [2.05, 4.69) is 338 Å². The summed E-state index contributed by atoms with van der Waals surface area (Å²) >= 11 is 0. The maximum atomic E-state index is 5.20. The summed E-state index contributed by atoms with van der Waals surface area (Å²) in [6.45, 7) is 0. The first-order valence-electron chi connectivity index (χ1n) is 33.8. The minimum Gasteiger partial charge on any atom is -0.256 e. The fourth-order valence-corrected chi connectivity index (χ4v) is 14.3. The molecule has 0 amide bonds. The number of benzene rings is 16. The fourth-order valence-electron chi connectivity index (χ4n) is 14.3. The molecule has 0 aliphatic rings. The summed E-state index contributed by atoms with van der Waals surface area (Å²) < 4.78 is 0. The molecular weight excluding hydrogens is 1210 g/mol. The van der Waals surface area contributed by atoms with Crippen molar-refractivity contribution in [1.29, 1.82) is 0 Å². The first-order valence-corrected chi connectivity index (χ1v) is 33.8. The van der Waals surface area contributed by atoms with Crippen LogP contribution in [-0.4, -0.2) is 29.9 Å². The van der Waals surface area contributed by atoms with E-state index in [0.717, 1.165) is 100 Å². The standard InChI is InChI=1S/2C47H29N3/c1-3-8-35-24-42-26-40(19-17-37(42)22-33(35)6-1)45-29-46(41-20-18-38-23-34-7-2-4-9-36(34)25-43(38)27-41)50-47(49-45)32-14-11-30(12-15-32)39-16-13-31-10-5-21-48-44(31)28-39;1-3-8-34-25-42-27-40(17-15-37(42)22-32(34)6-1)45-29-46(41-18-16-38-23-33-7-2-4-9-35(33)26-43(38)28-41)50-47(49-45)31-13-11-30(12-14-31)36-19-20-44-39(24-36)10-5-21-48-44/h2*1-29H. The molecule has 0 N–H and O–H groups in total. The van der Waals surface area contributed by atoms with Crippen molar-refractivity contribution < 1.29 is 0 Å². The van der Waals surface area contributed by atoms with Crippen LogP contribution in [0.4, 0.5) is 0 Å². The van der Waals surface area contributed by atoms with Gasteiger partial charge in [0, 0.05) is 56.5 Å². The molecule has 4 aromatic heterocycles. The van der Waals surface area contributed by atoms with E-state index >= 15 is 0 Å². The topological polar surface area (TPSA) is 77.3 Å². The van der Waals surface area contributed by atoms with Gasteiger partial charge in [0.15, 0.2) is 11.6 Å². The highest BCUT2D eigenvalue weighted by molar-refractivity contribution is 6.04. The van der Waals surface area contributed by atoms with Crippen LogP contribution in [0, 0.1) is 0 Å². The van der Waals surface area contributed by atoms with Gasteiger partial charge in [-0.3, -0.25) is 9.97 Å². The molecule has 0 spiro atoms. The average Bonchev–Trinajstić information content (AvgIpc) is 0.788. The highest BCUT2D eigenvalue weighted by Gasteiger charge is 2.17. The van der Waals surface area contributed by atoms with Gasteiger partial charge in [0.05, 0.1) is 33.8 Å².